The van der Waals surface area contributed by atoms with Crippen LogP contribution in [0.2, 0.25) is 0 Å². The molecule has 0 saturated carbocycles. The first-order valence-corrected chi connectivity index (χ1v) is 9.88. The Hall–Kier alpha value is -2.67. The van der Waals surface area contributed by atoms with Gasteiger partial charge in [0.15, 0.2) is 0 Å². The van der Waals surface area contributed by atoms with Crippen LogP contribution in [0.4, 0.5) is 5.69 Å². The van der Waals surface area contributed by atoms with Crippen molar-refractivity contribution in [2.24, 2.45) is 5.92 Å². The van der Waals surface area contributed by atoms with E-state index in [0.717, 1.165) is 4.88 Å². The minimum atomic E-state index is -0.454. The van der Waals surface area contributed by atoms with Crippen molar-refractivity contribution in [2.45, 2.75) is 19.8 Å². The van der Waals surface area contributed by atoms with Crippen molar-refractivity contribution in [3.63, 3.8) is 0 Å². The Labute approximate surface area is 162 Å². The normalized spacial score (nSPS) is 14.6. The number of carbonyl (C=O) groups is 3. The summed E-state index contributed by atoms with van der Waals surface area (Å²) in [6.45, 7) is 3.12. The highest BCUT2D eigenvalue weighted by molar-refractivity contribution is 7.12. The van der Waals surface area contributed by atoms with Gasteiger partial charge in [-0.3, -0.25) is 9.59 Å². The van der Waals surface area contributed by atoms with Crippen LogP contribution in [0.15, 0.2) is 41.8 Å². The van der Waals surface area contributed by atoms with E-state index < -0.39 is 5.97 Å². The fraction of sp³-hybridized carbons (Fsp3) is 0.350. The number of piperidine rings is 1. The minimum Gasteiger partial charge on any atom is -0.462 e. The number of carbonyl (C=O) groups excluding carboxylic acids is 3. The van der Waals surface area contributed by atoms with Gasteiger partial charge in [-0.05, 0) is 43.3 Å². The number of ether oxygens (including phenoxy) is 1. The van der Waals surface area contributed by atoms with Crippen LogP contribution in [0.1, 0.15) is 39.8 Å². The molecule has 0 unspecified atom stereocenters. The highest BCUT2D eigenvalue weighted by atomic mass is 32.1. The minimum absolute atomic E-state index is 0.0246. The molecule has 0 radical (unpaired) electrons. The van der Waals surface area contributed by atoms with E-state index in [2.05, 4.69) is 5.32 Å². The molecule has 3 rings (SSSR count). The Morgan fingerprint density at radius 3 is 2.56 bits per heavy atom. The van der Waals surface area contributed by atoms with Gasteiger partial charge in [0.25, 0.3) is 5.91 Å². The van der Waals surface area contributed by atoms with Gasteiger partial charge in [0.2, 0.25) is 5.91 Å². The molecule has 1 aliphatic rings. The fourth-order valence-electron chi connectivity index (χ4n) is 3.11. The molecule has 2 aromatic rings. The quantitative estimate of drug-likeness (QED) is 0.799. The maximum Gasteiger partial charge on any atom is 0.340 e. The van der Waals surface area contributed by atoms with Crippen molar-refractivity contribution in [1.29, 1.82) is 0 Å². The number of hydrogen-bond acceptors (Lipinski definition) is 5. The summed E-state index contributed by atoms with van der Waals surface area (Å²) in [6, 6.07) is 10.5. The number of nitrogens with one attached hydrogen (secondary N) is 1. The zero-order chi connectivity index (χ0) is 19.2. The molecule has 0 bridgehead atoms. The summed E-state index contributed by atoms with van der Waals surface area (Å²) in [7, 11) is 0. The van der Waals surface area contributed by atoms with Crippen molar-refractivity contribution >= 4 is 34.8 Å². The van der Waals surface area contributed by atoms with Gasteiger partial charge in [0, 0.05) is 19.0 Å². The van der Waals surface area contributed by atoms with E-state index in [0.29, 0.717) is 37.2 Å². The number of hydrogen-bond donors (Lipinski definition) is 1. The van der Waals surface area contributed by atoms with E-state index in [-0.39, 0.29) is 24.3 Å². The van der Waals surface area contributed by atoms with Crippen molar-refractivity contribution < 1.29 is 19.1 Å². The number of amides is 2. The van der Waals surface area contributed by atoms with Crippen LogP contribution in [-0.2, 0) is 9.53 Å². The third kappa shape index (κ3) is 4.54. The lowest BCUT2D eigenvalue weighted by molar-refractivity contribution is -0.121. The molecule has 27 heavy (non-hydrogen) atoms. The van der Waals surface area contributed by atoms with Gasteiger partial charge in [-0.25, -0.2) is 4.79 Å². The summed E-state index contributed by atoms with van der Waals surface area (Å²) < 4.78 is 5.04. The number of nitrogens with zero attached hydrogens (tertiary/aromatic N) is 1. The smallest absolute Gasteiger partial charge is 0.340 e. The monoisotopic (exact) mass is 386 g/mol. The number of benzene rings is 1. The Kier molecular flexibility index (Phi) is 6.24. The summed E-state index contributed by atoms with van der Waals surface area (Å²) in [5, 5.41) is 4.73. The maximum atomic E-state index is 12.6. The molecule has 1 fully saturated rings. The van der Waals surface area contributed by atoms with Crippen LogP contribution in [-0.4, -0.2) is 42.4 Å². The van der Waals surface area contributed by atoms with Crippen LogP contribution in [0.25, 0.3) is 0 Å². The second-order valence-corrected chi connectivity index (χ2v) is 7.25. The highest BCUT2D eigenvalue weighted by Gasteiger charge is 2.28. The number of likely N-dealkylation sites (tertiary alicyclic amines) is 1. The molecule has 6 nitrogen and oxygen atoms in total. The fourth-order valence-corrected chi connectivity index (χ4v) is 3.81. The molecule has 1 aromatic heterocycles. The summed E-state index contributed by atoms with van der Waals surface area (Å²) in [4.78, 5) is 39.6. The predicted molar refractivity (Wildman–Crippen MR) is 104 cm³/mol. The first kappa shape index (κ1) is 19.1. The molecule has 1 aromatic carbocycles. The van der Waals surface area contributed by atoms with Crippen LogP contribution in [0.3, 0.4) is 0 Å². The number of thiophene rings is 1. The molecule has 142 valence electrons. The molecule has 1 aliphatic heterocycles. The topological polar surface area (TPSA) is 75.7 Å². The Morgan fingerprint density at radius 2 is 1.89 bits per heavy atom. The average molecular weight is 386 g/mol. The van der Waals surface area contributed by atoms with Gasteiger partial charge in [-0.1, -0.05) is 18.2 Å². The SMILES string of the molecule is CCOC(=O)c1ccccc1NC(=O)C1CCN(C(=O)c2cccs2)CC1. The van der Waals surface area contributed by atoms with Gasteiger partial charge in [0.1, 0.15) is 0 Å². The number of rotatable bonds is 5. The van der Waals surface area contributed by atoms with Gasteiger partial charge >= 0.3 is 5.97 Å². The number of esters is 1. The van der Waals surface area contributed by atoms with Gasteiger partial charge in [-0.2, -0.15) is 0 Å². The van der Waals surface area contributed by atoms with Crippen LogP contribution >= 0.6 is 11.3 Å². The maximum absolute atomic E-state index is 12.6. The summed E-state index contributed by atoms with van der Waals surface area (Å²) in [5.74, 6) is -0.746. The second-order valence-electron chi connectivity index (χ2n) is 6.30. The van der Waals surface area contributed by atoms with Crippen molar-refractivity contribution in [1.82, 2.24) is 4.90 Å². The Balaban J connectivity index is 1.59. The van der Waals surface area contributed by atoms with E-state index >= 15 is 0 Å². The molecule has 1 saturated heterocycles. The van der Waals surface area contributed by atoms with E-state index in [1.807, 2.05) is 17.5 Å². The van der Waals surface area contributed by atoms with E-state index in [9.17, 15) is 14.4 Å². The first-order chi connectivity index (χ1) is 13.1. The zero-order valence-corrected chi connectivity index (χ0v) is 16.0. The van der Waals surface area contributed by atoms with Gasteiger partial charge in [-0.15, -0.1) is 11.3 Å². The number of para-hydroxylation sites is 1. The van der Waals surface area contributed by atoms with Crippen molar-refractivity contribution in [2.75, 3.05) is 25.0 Å². The van der Waals surface area contributed by atoms with E-state index in [1.165, 1.54) is 11.3 Å². The number of anilines is 1. The Bertz CT molecular complexity index is 811. The summed E-state index contributed by atoms with van der Waals surface area (Å²) in [5.41, 5.74) is 0.802. The van der Waals surface area contributed by atoms with Crippen LogP contribution < -0.4 is 5.32 Å². The second kappa shape index (κ2) is 8.81. The van der Waals surface area contributed by atoms with Crippen LogP contribution in [0, 0.1) is 5.92 Å². The van der Waals surface area contributed by atoms with E-state index in [1.54, 1.807) is 36.1 Å². The molecule has 1 N–H and O–H groups in total. The molecular weight excluding hydrogens is 364 g/mol. The standard InChI is InChI=1S/C20H22N2O4S/c1-2-26-20(25)15-6-3-4-7-16(15)21-18(23)14-9-11-22(12-10-14)19(24)17-8-5-13-27-17/h3-8,13-14H,2,9-12H2,1H3,(H,21,23). The molecule has 0 spiro atoms. The molecule has 0 atom stereocenters. The average Bonchev–Trinajstić information content (AvgIpc) is 3.23. The van der Waals surface area contributed by atoms with E-state index in [4.69, 9.17) is 4.74 Å². The third-order valence-corrected chi connectivity index (χ3v) is 5.42. The lowest BCUT2D eigenvalue weighted by Gasteiger charge is -2.31. The highest BCUT2D eigenvalue weighted by Crippen LogP contribution is 2.23. The third-order valence-electron chi connectivity index (χ3n) is 4.57. The van der Waals surface area contributed by atoms with Crippen LogP contribution in [0.5, 0.6) is 0 Å². The largest absolute Gasteiger partial charge is 0.462 e. The molecule has 7 heteroatoms. The first-order valence-electron chi connectivity index (χ1n) is 9.00. The van der Waals surface area contributed by atoms with Crippen molar-refractivity contribution in [3.8, 4) is 0 Å². The summed E-state index contributed by atoms with van der Waals surface area (Å²) in [6.07, 6.45) is 1.20. The molecule has 2 amide bonds. The zero-order valence-electron chi connectivity index (χ0n) is 15.1. The van der Waals surface area contributed by atoms with Gasteiger partial charge < -0.3 is 15.0 Å². The molecule has 2 heterocycles. The lowest BCUT2D eigenvalue weighted by Crippen LogP contribution is -2.41. The molecular formula is C20H22N2O4S. The Morgan fingerprint density at radius 1 is 1.15 bits per heavy atom. The lowest BCUT2D eigenvalue weighted by atomic mass is 9.95. The summed E-state index contributed by atoms with van der Waals surface area (Å²) >= 11 is 1.43. The van der Waals surface area contributed by atoms with Gasteiger partial charge in [0.05, 0.1) is 22.7 Å². The predicted octanol–water partition coefficient (Wildman–Crippen LogP) is 3.42. The van der Waals surface area contributed by atoms with Crippen molar-refractivity contribution in [3.05, 3.63) is 52.2 Å². The molecule has 0 aliphatic carbocycles.